The van der Waals surface area contributed by atoms with Gasteiger partial charge in [0.2, 0.25) is 0 Å². The van der Waals surface area contributed by atoms with Gasteiger partial charge in [-0.1, -0.05) is 13.8 Å². The Balaban J connectivity index is 1.69. The van der Waals surface area contributed by atoms with Gasteiger partial charge in [0.05, 0.1) is 25.3 Å². The van der Waals surface area contributed by atoms with Crippen LogP contribution in [-0.4, -0.2) is 45.7 Å². The summed E-state index contributed by atoms with van der Waals surface area (Å²) in [5.41, 5.74) is 0.0514. The van der Waals surface area contributed by atoms with Gasteiger partial charge in [0.1, 0.15) is 0 Å². The number of rotatable bonds is 3. The van der Waals surface area contributed by atoms with Crippen molar-refractivity contribution in [3.63, 3.8) is 0 Å². The number of tetrazole rings is 1. The van der Waals surface area contributed by atoms with Crippen LogP contribution in [0.25, 0.3) is 0 Å². The van der Waals surface area contributed by atoms with Gasteiger partial charge in [-0.05, 0) is 35.1 Å². The van der Waals surface area contributed by atoms with Crippen molar-refractivity contribution >= 4 is 0 Å². The van der Waals surface area contributed by atoms with Gasteiger partial charge in [0, 0.05) is 13.2 Å². The minimum absolute atomic E-state index is 0.0579. The summed E-state index contributed by atoms with van der Waals surface area (Å²) in [6, 6.07) is 0.117. The van der Waals surface area contributed by atoms with Crippen LogP contribution in [-0.2, 0) is 16.0 Å². The fraction of sp³-hybridized carbons (Fsp3) is 0.923. The topological polar surface area (TPSA) is 71.2 Å². The molecule has 1 aromatic heterocycles. The van der Waals surface area contributed by atoms with Crippen LogP contribution in [0.1, 0.15) is 39.2 Å². The molecule has 1 unspecified atom stereocenters. The van der Waals surface area contributed by atoms with Gasteiger partial charge in [-0.25, -0.2) is 4.79 Å². The summed E-state index contributed by atoms with van der Waals surface area (Å²) in [5.74, 6) is 0. The van der Waals surface area contributed by atoms with E-state index in [4.69, 9.17) is 9.47 Å². The molecule has 3 heterocycles. The first-order chi connectivity index (χ1) is 9.55. The standard InChI is InChI=1S/C13H22N4O3/c1-13(2)7-11(20-9-13)8-16-12(18)17(15-14-16)10-3-5-19-6-4-10/h10-11H,3-9H2,1-2H3. The van der Waals surface area contributed by atoms with Crippen LogP contribution in [0, 0.1) is 5.41 Å². The van der Waals surface area contributed by atoms with E-state index >= 15 is 0 Å². The Morgan fingerprint density at radius 1 is 1.30 bits per heavy atom. The molecule has 0 saturated carbocycles. The van der Waals surface area contributed by atoms with E-state index in [1.807, 2.05) is 0 Å². The molecule has 0 N–H and O–H groups in total. The molecule has 0 radical (unpaired) electrons. The summed E-state index contributed by atoms with van der Waals surface area (Å²) in [4.78, 5) is 12.3. The van der Waals surface area contributed by atoms with E-state index in [1.54, 1.807) is 0 Å². The molecule has 2 saturated heterocycles. The molecule has 7 nitrogen and oxygen atoms in total. The molecule has 2 aliphatic rings. The van der Waals surface area contributed by atoms with Crippen molar-refractivity contribution in [3.05, 3.63) is 10.5 Å². The lowest BCUT2D eigenvalue weighted by atomic mass is 9.91. The molecule has 1 atom stereocenters. The van der Waals surface area contributed by atoms with Gasteiger partial charge in [-0.15, -0.1) is 0 Å². The van der Waals surface area contributed by atoms with Gasteiger partial charge >= 0.3 is 5.69 Å². The van der Waals surface area contributed by atoms with Gasteiger partial charge in [0.25, 0.3) is 0 Å². The molecule has 1 aromatic rings. The lowest BCUT2D eigenvalue weighted by molar-refractivity contribution is 0.0643. The maximum Gasteiger partial charge on any atom is 0.364 e. The molecule has 20 heavy (non-hydrogen) atoms. The van der Waals surface area contributed by atoms with Crippen molar-refractivity contribution in [1.29, 1.82) is 0 Å². The Kier molecular flexibility index (Phi) is 3.64. The Morgan fingerprint density at radius 2 is 2.05 bits per heavy atom. The molecular formula is C13H22N4O3. The summed E-state index contributed by atoms with van der Waals surface area (Å²) in [5, 5.41) is 8.02. The van der Waals surface area contributed by atoms with Crippen LogP contribution in [0.3, 0.4) is 0 Å². The summed E-state index contributed by atoms with van der Waals surface area (Å²) in [6.07, 6.45) is 2.66. The van der Waals surface area contributed by atoms with Crippen molar-refractivity contribution < 1.29 is 9.47 Å². The monoisotopic (exact) mass is 282 g/mol. The molecule has 2 fully saturated rings. The third-order valence-electron chi connectivity index (χ3n) is 4.06. The van der Waals surface area contributed by atoms with E-state index in [0.717, 1.165) is 25.9 Å². The number of aromatic nitrogens is 4. The summed E-state index contributed by atoms with van der Waals surface area (Å²) in [6.45, 7) is 6.95. The highest BCUT2D eigenvalue weighted by molar-refractivity contribution is 4.81. The predicted octanol–water partition coefficient (Wildman–Crippen LogP) is 0.606. The number of hydrogen-bond donors (Lipinski definition) is 0. The Morgan fingerprint density at radius 3 is 2.70 bits per heavy atom. The fourth-order valence-corrected chi connectivity index (χ4v) is 2.95. The SMILES string of the molecule is CC1(C)COC(Cn2nnn(C3CCOCC3)c2=O)C1. The third kappa shape index (κ3) is 2.78. The molecule has 0 spiro atoms. The van der Waals surface area contributed by atoms with E-state index in [0.29, 0.717) is 19.8 Å². The van der Waals surface area contributed by atoms with E-state index in [-0.39, 0.29) is 23.3 Å². The predicted molar refractivity (Wildman–Crippen MR) is 71.5 cm³/mol. The Hall–Kier alpha value is -1.21. The molecule has 0 amide bonds. The van der Waals surface area contributed by atoms with Crippen LogP contribution in [0.15, 0.2) is 4.79 Å². The zero-order chi connectivity index (χ0) is 14.2. The zero-order valence-corrected chi connectivity index (χ0v) is 12.1. The highest BCUT2D eigenvalue weighted by Crippen LogP contribution is 2.31. The van der Waals surface area contributed by atoms with Crippen LogP contribution in [0.5, 0.6) is 0 Å². The largest absolute Gasteiger partial charge is 0.381 e. The molecule has 7 heteroatoms. The first-order valence-electron chi connectivity index (χ1n) is 7.27. The summed E-state index contributed by atoms with van der Waals surface area (Å²) < 4.78 is 14.0. The average Bonchev–Trinajstić information content (AvgIpc) is 2.95. The summed E-state index contributed by atoms with van der Waals surface area (Å²) in [7, 11) is 0. The van der Waals surface area contributed by atoms with Crippen molar-refractivity contribution in [1.82, 2.24) is 19.8 Å². The maximum atomic E-state index is 12.3. The number of hydrogen-bond acceptors (Lipinski definition) is 5. The van der Waals surface area contributed by atoms with Crippen molar-refractivity contribution in [2.24, 2.45) is 5.41 Å². The quantitative estimate of drug-likeness (QED) is 0.812. The number of nitrogens with zero attached hydrogens (tertiary/aromatic N) is 4. The second-order valence-electron chi connectivity index (χ2n) is 6.53. The van der Waals surface area contributed by atoms with E-state index in [9.17, 15) is 4.79 Å². The molecule has 0 aromatic carbocycles. The van der Waals surface area contributed by atoms with Crippen LogP contribution in [0.4, 0.5) is 0 Å². The van der Waals surface area contributed by atoms with Gasteiger partial charge in [-0.3, -0.25) is 0 Å². The van der Waals surface area contributed by atoms with Gasteiger partial charge < -0.3 is 9.47 Å². The molecular weight excluding hydrogens is 260 g/mol. The first-order valence-corrected chi connectivity index (χ1v) is 7.27. The first kappa shape index (κ1) is 13.8. The zero-order valence-electron chi connectivity index (χ0n) is 12.1. The van der Waals surface area contributed by atoms with Crippen molar-refractivity contribution in [3.8, 4) is 0 Å². The highest BCUT2D eigenvalue weighted by Gasteiger charge is 2.33. The smallest absolute Gasteiger partial charge is 0.364 e. The number of ether oxygens (including phenoxy) is 2. The normalized spacial score (nSPS) is 27.0. The minimum atomic E-state index is -0.134. The molecule has 0 bridgehead atoms. The fourth-order valence-electron chi connectivity index (χ4n) is 2.95. The van der Waals surface area contributed by atoms with Crippen molar-refractivity contribution in [2.75, 3.05) is 19.8 Å². The lowest BCUT2D eigenvalue weighted by Crippen LogP contribution is -2.33. The highest BCUT2D eigenvalue weighted by atomic mass is 16.5. The maximum absolute atomic E-state index is 12.3. The van der Waals surface area contributed by atoms with E-state index in [1.165, 1.54) is 9.36 Å². The second-order valence-corrected chi connectivity index (χ2v) is 6.53. The Labute approximate surface area is 117 Å². The Bertz CT molecular complexity index is 516. The van der Waals surface area contributed by atoms with E-state index in [2.05, 4.69) is 24.3 Å². The molecule has 0 aliphatic carbocycles. The lowest BCUT2D eigenvalue weighted by Gasteiger charge is -2.20. The van der Waals surface area contributed by atoms with Crippen LogP contribution < -0.4 is 5.69 Å². The van der Waals surface area contributed by atoms with Crippen LogP contribution in [0.2, 0.25) is 0 Å². The summed E-state index contributed by atoms with van der Waals surface area (Å²) >= 11 is 0. The second kappa shape index (κ2) is 5.29. The van der Waals surface area contributed by atoms with E-state index < -0.39 is 0 Å². The minimum Gasteiger partial charge on any atom is -0.381 e. The van der Waals surface area contributed by atoms with Gasteiger partial charge in [0.15, 0.2) is 0 Å². The molecule has 3 rings (SSSR count). The van der Waals surface area contributed by atoms with Gasteiger partial charge in [-0.2, -0.15) is 9.36 Å². The van der Waals surface area contributed by atoms with Crippen LogP contribution >= 0.6 is 0 Å². The molecule has 112 valence electrons. The average molecular weight is 282 g/mol. The third-order valence-corrected chi connectivity index (χ3v) is 4.06. The molecule has 2 aliphatic heterocycles. The van der Waals surface area contributed by atoms with Crippen molar-refractivity contribution in [2.45, 2.75) is 51.8 Å².